The van der Waals surface area contributed by atoms with Crippen LogP contribution >= 0.6 is 11.3 Å². The van der Waals surface area contributed by atoms with Gasteiger partial charge in [-0.05, 0) is 47.4 Å². The number of amides is 1. The first-order valence-electron chi connectivity index (χ1n) is 9.38. The second-order valence-corrected chi connectivity index (χ2v) is 8.46. The molecule has 1 amide bonds. The summed E-state index contributed by atoms with van der Waals surface area (Å²) in [5, 5.41) is 5.21. The van der Waals surface area contributed by atoms with E-state index in [9.17, 15) is 4.79 Å². The Labute approximate surface area is 160 Å². The molecule has 2 atom stereocenters. The molecule has 0 saturated heterocycles. The van der Waals surface area contributed by atoms with Gasteiger partial charge in [-0.1, -0.05) is 38.1 Å². The van der Waals surface area contributed by atoms with Crippen LogP contribution in [0.15, 0.2) is 35.7 Å². The molecule has 2 heterocycles. The topological polar surface area (TPSA) is 58.4 Å². The van der Waals surface area contributed by atoms with Crippen molar-refractivity contribution in [3.63, 3.8) is 0 Å². The van der Waals surface area contributed by atoms with E-state index in [1.54, 1.807) is 6.92 Å². The van der Waals surface area contributed by atoms with E-state index in [1.807, 2.05) is 11.3 Å². The van der Waals surface area contributed by atoms with Crippen molar-refractivity contribution in [2.45, 2.75) is 51.7 Å². The Morgan fingerprint density at radius 1 is 1.19 bits per heavy atom. The van der Waals surface area contributed by atoms with Crippen LogP contribution in [0.4, 0.5) is 0 Å². The first kappa shape index (κ1) is 19.1. The molecule has 5 heteroatoms. The third-order valence-electron chi connectivity index (χ3n) is 5.15. The lowest BCUT2D eigenvalue weighted by Crippen LogP contribution is -2.44. The van der Waals surface area contributed by atoms with E-state index < -0.39 is 6.04 Å². The molecule has 0 fully saturated rings. The van der Waals surface area contributed by atoms with Crippen LogP contribution in [-0.2, 0) is 17.8 Å². The third kappa shape index (κ3) is 4.34. The molecule has 1 aromatic heterocycles. The number of carbonyl (C=O) groups is 1. The molecule has 26 heavy (non-hydrogen) atoms. The molecule has 0 bridgehead atoms. The number of hydrogen-bond acceptors (Lipinski definition) is 4. The second-order valence-electron chi connectivity index (χ2n) is 7.46. The first-order valence-corrected chi connectivity index (χ1v) is 10.3. The van der Waals surface area contributed by atoms with E-state index in [1.165, 1.54) is 21.6 Å². The van der Waals surface area contributed by atoms with E-state index in [-0.39, 0.29) is 11.9 Å². The van der Waals surface area contributed by atoms with E-state index in [4.69, 9.17) is 5.73 Å². The van der Waals surface area contributed by atoms with Crippen LogP contribution in [0.1, 0.15) is 54.3 Å². The minimum Gasteiger partial charge on any atom is -0.353 e. The Balaban J connectivity index is 1.80. The van der Waals surface area contributed by atoms with E-state index in [0.29, 0.717) is 12.5 Å². The summed E-state index contributed by atoms with van der Waals surface area (Å²) in [6, 6.07) is 10.7. The Kier molecular flexibility index (Phi) is 6.12. The van der Waals surface area contributed by atoms with Crippen LogP contribution in [0.25, 0.3) is 0 Å². The van der Waals surface area contributed by atoms with Gasteiger partial charge in [-0.15, -0.1) is 11.3 Å². The molecule has 1 aliphatic heterocycles. The van der Waals surface area contributed by atoms with Gasteiger partial charge >= 0.3 is 0 Å². The van der Waals surface area contributed by atoms with Gasteiger partial charge in [0.15, 0.2) is 0 Å². The number of benzene rings is 1. The summed E-state index contributed by atoms with van der Waals surface area (Å²) in [7, 11) is 0. The molecule has 4 nitrogen and oxygen atoms in total. The van der Waals surface area contributed by atoms with Crippen LogP contribution in [0.5, 0.6) is 0 Å². The van der Waals surface area contributed by atoms with E-state index in [2.05, 4.69) is 59.8 Å². The van der Waals surface area contributed by atoms with Crippen molar-refractivity contribution in [2.75, 3.05) is 13.1 Å². The SMILES string of the molecule is CC(N)C(=O)NCC(c1ccc(C(C)C)cc1)N1CCc2sccc2C1. The van der Waals surface area contributed by atoms with Gasteiger partial charge < -0.3 is 11.1 Å². The normalized spacial score (nSPS) is 17.0. The lowest BCUT2D eigenvalue weighted by molar-refractivity contribution is -0.122. The van der Waals surface area contributed by atoms with Gasteiger partial charge in [0.05, 0.1) is 12.1 Å². The van der Waals surface area contributed by atoms with Crippen molar-refractivity contribution in [1.82, 2.24) is 10.2 Å². The van der Waals surface area contributed by atoms with Gasteiger partial charge in [0.25, 0.3) is 0 Å². The van der Waals surface area contributed by atoms with Gasteiger partial charge in [0.2, 0.25) is 5.91 Å². The molecule has 2 unspecified atom stereocenters. The number of carbonyl (C=O) groups excluding carboxylic acids is 1. The summed E-state index contributed by atoms with van der Waals surface area (Å²) in [5.74, 6) is 0.422. The minimum absolute atomic E-state index is 0.0953. The number of thiophene rings is 1. The van der Waals surface area contributed by atoms with Gasteiger partial charge in [0, 0.05) is 24.5 Å². The number of hydrogen-bond donors (Lipinski definition) is 2. The van der Waals surface area contributed by atoms with Gasteiger partial charge in [-0.2, -0.15) is 0 Å². The van der Waals surface area contributed by atoms with Crippen molar-refractivity contribution in [1.29, 1.82) is 0 Å². The molecule has 0 saturated carbocycles. The van der Waals surface area contributed by atoms with Crippen LogP contribution in [0.2, 0.25) is 0 Å². The summed E-state index contributed by atoms with van der Waals surface area (Å²) < 4.78 is 0. The molecule has 3 N–H and O–H groups in total. The molecule has 140 valence electrons. The Morgan fingerprint density at radius 2 is 1.88 bits per heavy atom. The maximum absolute atomic E-state index is 12.0. The fraction of sp³-hybridized carbons (Fsp3) is 0.476. The zero-order chi connectivity index (χ0) is 18.7. The molecular formula is C21H29N3OS. The fourth-order valence-corrected chi connectivity index (χ4v) is 4.35. The first-order chi connectivity index (χ1) is 12.5. The summed E-state index contributed by atoms with van der Waals surface area (Å²) in [6.07, 6.45) is 1.08. The molecule has 1 aromatic carbocycles. The monoisotopic (exact) mass is 371 g/mol. The van der Waals surface area contributed by atoms with Crippen LogP contribution < -0.4 is 11.1 Å². The average molecular weight is 372 g/mol. The molecule has 0 spiro atoms. The Morgan fingerprint density at radius 3 is 2.54 bits per heavy atom. The summed E-state index contributed by atoms with van der Waals surface area (Å²) >= 11 is 1.85. The summed E-state index contributed by atoms with van der Waals surface area (Å²) in [6.45, 7) is 8.67. The van der Waals surface area contributed by atoms with Crippen LogP contribution in [0.3, 0.4) is 0 Å². The smallest absolute Gasteiger partial charge is 0.236 e. The van der Waals surface area contributed by atoms with Gasteiger partial charge in [-0.25, -0.2) is 0 Å². The minimum atomic E-state index is -0.483. The lowest BCUT2D eigenvalue weighted by atomic mass is 9.97. The Hall–Kier alpha value is -1.69. The van der Waals surface area contributed by atoms with Crippen LogP contribution in [-0.4, -0.2) is 29.9 Å². The van der Waals surface area contributed by atoms with Crippen molar-refractivity contribution >= 4 is 17.2 Å². The summed E-state index contributed by atoms with van der Waals surface area (Å²) in [5.41, 5.74) is 9.72. The standard InChI is InChI=1S/C21H29N3OS/c1-14(2)16-4-6-17(7-5-16)19(12-23-21(25)15(3)22)24-10-8-20-18(13-24)9-11-26-20/h4-7,9,11,14-15,19H,8,10,12-13,22H2,1-3H3,(H,23,25). The van der Waals surface area contributed by atoms with Gasteiger partial charge in [-0.3, -0.25) is 9.69 Å². The summed E-state index contributed by atoms with van der Waals surface area (Å²) in [4.78, 5) is 16.0. The highest BCUT2D eigenvalue weighted by Crippen LogP contribution is 2.30. The molecular weight excluding hydrogens is 342 g/mol. The maximum atomic E-state index is 12.0. The maximum Gasteiger partial charge on any atom is 0.236 e. The van der Waals surface area contributed by atoms with E-state index in [0.717, 1.165) is 19.5 Å². The average Bonchev–Trinajstić information content (AvgIpc) is 3.10. The lowest BCUT2D eigenvalue weighted by Gasteiger charge is -2.35. The molecule has 2 aromatic rings. The molecule has 1 aliphatic rings. The molecule has 3 rings (SSSR count). The van der Waals surface area contributed by atoms with Crippen LogP contribution in [0, 0.1) is 0 Å². The highest BCUT2D eigenvalue weighted by Gasteiger charge is 2.26. The molecule has 0 aliphatic carbocycles. The zero-order valence-electron chi connectivity index (χ0n) is 15.9. The largest absolute Gasteiger partial charge is 0.353 e. The quantitative estimate of drug-likeness (QED) is 0.818. The fourth-order valence-electron chi connectivity index (χ4n) is 3.46. The zero-order valence-corrected chi connectivity index (χ0v) is 16.7. The van der Waals surface area contributed by atoms with Crippen molar-refractivity contribution in [2.24, 2.45) is 5.73 Å². The predicted octanol–water partition coefficient (Wildman–Crippen LogP) is 3.43. The van der Waals surface area contributed by atoms with Gasteiger partial charge in [0.1, 0.15) is 0 Å². The predicted molar refractivity (Wildman–Crippen MR) is 108 cm³/mol. The number of nitrogens with two attached hydrogens (primary N) is 1. The van der Waals surface area contributed by atoms with Crippen molar-refractivity contribution < 1.29 is 4.79 Å². The molecule has 0 radical (unpaired) electrons. The van der Waals surface area contributed by atoms with E-state index >= 15 is 0 Å². The number of rotatable bonds is 6. The van der Waals surface area contributed by atoms with Crippen molar-refractivity contribution in [3.05, 3.63) is 57.3 Å². The highest BCUT2D eigenvalue weighted by molar-refractivity contribution is 7.10. The number of nitrogens with zero attached hydrogens (tertiary/aromatic N) is 1. The third-order valence-corrected chi connectivity index (χ3v) is 6.17. The number of nitrogens with one attached hydrogen (secondary N) is 1. The van der Waals surface area contributed by atoms with Crippen molar-refractivity contribution in [3.8, 4) is 0 Å². The Bertz CT molecular complexity index is 736. The highest BCUT2D eigenvalue weighted by atomic mass is 32.1. The second kappa shape index (κ2) is 8.33. The number of fused-ring (bicyclic) bond motifs is 1.